The first-order valence-electron chi connectivity index (χ1n) is 7.82. The summed E-state index contributed by atoms with van der Waals surface area (Å²) in [7, 11) is 0. The normalized spacial score (nSPS) is 16.2. The van der Waals surface area contributed by atoms with Gasteiger partial charge in [-0.3, -0.25) is 0 Å². The summed E-state index contributed by atoms with van der Waals surface area (Å²) in [6.45, 7) is 8.87. The van der Waals surface area contributed by atoms with Gasteiger partial charge in [-0.1, -0.05) is 0 Å². The Morgan fingerprint density at radius 2 is 2.18 bits per heavy atom. The molecule has 1 amide bonds. The van der Waals surface area contributed by atoms with E-state index in [-0.39, 0.29) is 12.1 Å². The van der Waals surface area contributed by atoms with Gasteiger partial charge in [0.2, 0.25) is 0 Å². The molecule has 1 aliphatic carbocycles. The van der Waals surface area contributed by atoms with Crippen LogP contribution in [0.1, 0.15) is 45.1 Å². The van der Waals surface area contributed by atoms with Gasteiger partial charge < -0.3 is 15.4 Å². The maximum absolute atomic E-state index is 11.9. The van der Waals surface area contributed by atoms with E-state index in [0.717, 1.165) is 24.4 Å². The zero-order chi connectivity index (χ0) is 16.2. The maximum Gasteiger partial charge on any atom is 0.407 e. The molecule has 2 rings (SSSR count). The third-order valence-corrected chi connectivity index (χ3v) is 3.40. The van der Waals surface area contributed by atoms with E-state index < -0.39 is 5.60 Å². The number of carbonyl (C=O) groups is 1. The molecule has 0 spiro atoms. The molecule has 122 valence electrons. The van der Waals surface area contributed by atoms with Gasteiger partial charge in [-0.2, -0.15) is 0 Å². The van der Waals surface area contributed by atoms with Crippen molar-refractivity contribution in [2.75, 3.05) is 6.54 Å². The van der Waals surface area contributed by atoms with Gasteiger partial charge in [-0.25, -0.2) is 14.8 Å². The number of hydrogen-bond donors (Lipinski definition) is 2. The lowest BCUT2D eigenvalue weighted by Crippen LogP contribution is -2.45. The number of aromatic nitrogens is 2. The zero-order valence-corrected chi connectivity index (χ0v) is 13.8. The minimum atomic E-state index is -0.468. The van der Waals surface area contributed by atoms with Crippen LogP contribution < -0.4 is 10.6 Å². The number of ether oxygens (including phenoxy) is 1. The summed E-state index contributed by atoms with van der Waals surface area (Å²) >= 11 is 0. The molecule has 1 aromatic heterocycles. The second-order valence-electron chi connectivity index (χ2n) is 6.82. The van der Waals surface area contributed by atoms with Crippen molar-refractivity contribution in [3.8, 4) is 0 Å². The first-order chi connectivity index (χ1) is 10.3. The van der Waals surface area contributed by atoms with E-state index in [9.17, 15) is 4.79 Å². The average Bonchev–Trinajstić information content (AvgIpc) is 3.19. The largest absolute Gasteiger partial charge is 0.444 e. The Morgan fingerprint density at radius 3 is 2.77 bits per heavy atom. The van der Waals surface area contributed by atoms with Crippen molar-refractivity contribution in [1.82, 2.24) is 20.6 Å². The minimum absolute atomic E-state index is 0.109. The van der Waals surface area contributed by atoms with Gasteiger partial charge in [0.25, 0.3) is 0 Å². The molecule has 1 heterocycles. The second kappa shape index (κ2) is 7.05. The van der Waals surface area contributed by atoms with E-state index >= 15 is 0 Å². The lowest BCUT2D eigenvalue weighted by atomic mass is 10.2. The molecule has 1 saturated carbocycles. The van der Waals surface area contributed by atoms with Gasteiger partial charge in [0.05, 0.1) is 5.69 Å². The van der Waals surface area contributed by atoms with Gasteiger partial charge in [0, 0.05) is 25.3 Å². The smallest absolute Gasteiger partial charge is 0.407 e. The molecule has 1 aliphatic rings. The fraction of sp³-hybridized carbons (Fsp3) is 0.688. The van der Waals surface area contributed by atoms with Crippen molar-refractivity contribution in [2.24, 2.45) is 5.92 Å². The third kappa shape index (κ3) is 5.97. The van der Waals surface area contributed by atoms with Crippen molar-refractivity contribution in [3.63, 3.8) is 0 Å². The van der Waals surface area contributed by atoms with Gasteiger partial charge >= 0.3 is 6.09 Å². The predicted octanol–water partition coefficient (Wildman–Crippen LogP) is 2.18. The molecular formula is C16H26N4O2. The van der Waals surface area contributed by atoms with Crippen molar-refractivity contribution in [1.29, 1.82) is 0 Å². The van der Waals surface area contributed by atoms with E-state index in [1.165, 1.54) is 0 Å². The average molecular weight is 306 g/mol. The molecule has 6 nitrogen and oxygen atoms in total. The van der Waals surface area contributed by atoms with Crippen LogP contribution in [0.3, 0.4) is 0 Å². The number of alkyl carbamates (subject to hydrolysis) is 1. The Kier molecular flexibility index (Phi) is 5.34. The number of nitrogens with zero attached hydrogens (tertiary/aromatic N) is 2. The van der Waals surface area contributed by atoms with Crippen LogP contribution in [0, 0.1) is 12.8 Å². The van der Waals surface area contributed by atoms with Crippen LogP contribution in [0.5, 0.6) is 0 Å². The zero-order valence-electron chi connectivity index (χ0n) is 13.8. The number of hydrogen-bond acceptors (Lipinski definition) is 5. The topological polar surface area (TPSA) is 76.1 Å². The molecule has 1 unspecified atom stereocenters. The quantitative estimate of drug-likeness (QED) is 0.842. The molecule has 0 bridgehead atoms. The highest BCUT2D eigenvalue weighted by Gasteiger charge is 2.33. The van der Waals surface area contributed by atoms with Crippen molar-refractivity contribution in [3.05, 3.63) is 23.8 Å². The molecule has 2 N–H and O–H groups in total. The first kappa shape index (κ1) is 16.7. The molecule has 0 radical (unpaired) electrons. The third-order valence-electron chi connectivity index (χ3n) is 3.40. The summed E-state index contributed by atoms with van der Waals surface area (Å²) in [5.41, 5.74) is 0.490. The van der Waals surface area contributed by atoms with E-state index in [1.807, 2.05) is 33.8 Å². The van der Waals surface area contributed by atoms with Crippen molar-refractivity contribution < 1.29 is 9.53 Å². The summed E-state index contributed by atoms with van der Waals surface area (Å²) in [4.78, 5) is 20.3. The van der Waals surface area contributed by atoms with E-state index in [0.29, 0.717) is 19.0 Å². The summed E-state index contributed by atoms with van der Waals surface area (Å²) in [6.07, 6.45) is 3.74. The molecule has 22 heavy (non-hydrogen) atoms. The number of aryl methyl sites for hydroxylation is 1. The maximum atomic E-state index is 11.9. The Hall–Kier alpha value is -1.69. The fourth-order valence-electron chi connectivity index (χ4n) is 2.25. The molecule has 1 atom stereocenters. The lowest BCUT2D eigenvalue weighted by Gasteiger charge is -2.24. The van der Waals surface area contributed by atoms with Crippen LogP contribution in [0.2, 0.25) is 0 Å². The molecule has 6 heteroatoms. The highest BCUT2D eigenvalue weighted by molar-refractivity contribution is 5.68. The van der Waals surface area contributed by atoms with Gasteiger partial charge in [0.15, 0.2) is 0 Å². The van der Waals surface area contributed by atoms with Crippen LogP contribution in [-0.4, -0.2) is 34.2 Å². The summed E-state index contributed by atoms with van der Waals surface area (Å²) in [6, 6.07) is 2.01. The highest BCUT2D eigenvalue weighted by atomic mass is 16.6. The second-order valence-corrected chi connectivity index (χ2v) is 6.82. The van der Waals surface area contributed by atoms with Gasteiger partial charge in [-0.05, 0) is 52.5 Å². The molecule has 1 fully saturated rings. The van der Waals surface area contributed by atoms with Crippen LogP contribution in [0.4, 0.5) is 4.79 Å². The summed E-state index contributed by atoms with van der Waals surface area (Å²) < 4.78 is 5.33. The van der Waals surface area contributed by atoms with Gasteiger partial charge in [0.1, 0.15) is 11.4 Å². The van der Waals surface area contributed by atoms with E-state index in [1.54, 1.807) is 6.20 Å². The first-order valence-corrected chi connectivity index (χ1v) is 7.82. The molecule has 0 aliphatic heterocycles. The molecule has 0 saturated heterocycles. The monoisotopic (exact) mass is 306 g/mol. The van der Waals surface area contributed by atoms with Crippen LogP contribution >= 0.6 is 0 Å². The Bertz CT molecular complexity index is 509. The van der Waals surface area contributed by atoms with Crippen molar-refractivity contribution >= 4 is 6.09 Å². The molecule has 0 aromatic carbocycles. The van der Waals surface area contributed by atoms with Crippen LogP contribution in [0.15, 0.2) is 12.3 Å². The SMILES string of the molecule is Cc1nccc(CNCC(NC(=O)OC(C)(C)C)C2CC2)n1. The van der Waals surface area contributed by atoms with Gasteiger partial charge in [-0.15, -0.1) is 0 Å². The standard InChI is InChI=1S/C16H26N4O2/c1-11-18-8-7-13(19-11)9-17-10-14(12-5-6-12)20-15(21)22-16(2,3)4/h7-8,12,14,17H,5-6,9-10H2,1-4H3,(H,20,21). The Labute approximate surface area is 132 Å². The molecule has 1 aromatic rings. The number of carbonyl (C=O) groups excluding carboxylic acids is 1. The molecular weight excluding hydrogens is 280 g/mol. The van der Waals surface area contributed by atoms with E-state index in [2.05, 4.69) is 20.6 Å². The Morgan fingerprint density at radius 1 is 1.45 bits per heavy atom. The number of nitrogens with one attached hydrogen (secondary N) is 2. The van der Waals surface area contributed by atoms with E-state index in [4.69, 9.17) is 4.74 Å². The minimum Gasteiger partial charge on any atom is -0.444 e. The van der Waals surface area contributed by atoms with Crippen molar-refractivity contribution in [2.45, 2.75) is 58.7 Å². The number of amides is 1. The van der Waals surface area contributed by atoms with Crippen LogP contribution in [-0.2, 0) is 11.3 Å². The highest BCUT2D eigenvalue weighted by Crippen LogP contribution is 2.32. The summed E-state index contributed by atoms with van der Waals surface area (Å²) in [5, 5.41) is 6.33. The fourth-order valence-corrected chi connectivity index (χ4v) is 2.25. The Balaban J connectivity index is 1.78. The number of rotatable bonds is 6. The van der Waals surface area contributed by atoms with Crippen LogP contribution in [0.25, 0.3) is 0 Å². The predicted molar refractivity (Wildman–Crippen MR) is 84.4 cm³/mol. The lowest BCUT2D eigenvalue weighted by molar-refractivity contribution is 0.0497. The summed E-state index contributed by atoms with van der Waals surface area (Å²) in [5.74, 6) is 1.32.